The van der Waals surface area contributed by atoms with Crippen molar-refractivity contribution >= 4 is 11.7 Å². The fourth-order valence-electron chi connectivity index (χ4n) is 1.78. The van der Waals surface area contributed by atoms with Gasteiger partial charge in [-0.2, -0.15) is 0 Å². The Balaban J connectivity index is 2.29. The van der Waals surface area contributed by atoms with E-state index in [9.17, 15) is 15.0 Å². The predicted molar refractivity (Wildman–Crippen MR) is 78.7 cm³/mol. The number of carbonyl (C=O) groups excluding carboxylic acids is 1. The highest BCUT2D eigenvalue weighted by molar-refractivity contribution is 5.92. The van der Waals surface area contributed by atoms with E-state index < -0.39 is 5.97 Å². The third-order valence-corrected chi connectivity index (χ3v) is 2.93. The summed E-state index contributed by atoms with van der Waals surface area (Å²) in [5.74, 6) is -0.660. The van der Waals surface area contributed by atoms with Crippen LogP contribution in [0.1, 0.15) is 10.4 Å². The van der Waals surface area contributed by atoms with Crippen LogP contribution in [-0.4, -0.2) is 30.4 Å². The van der Waals surface area contributed by atoms with Crippen LogP contribution in [0.3, 0.4) is 0 Å². The zero-order valence-corrected chi connectivity index (χ0v) is 12.0. The number of esters is 1. The van der Waals surface area contributed by atoms with Crippen LogP contribution in [0.25, 0.3) is 0 Å². The fourth-order valence-corrected chi connectivity index (χ4v) is 1.78. The number of nitrogen functional groups attached to an aromatic ring is 1. The molecule has 0 aliphatic rings. The van der Waals surface area contributed by atoms with Crippen molar-refractivity contribution in [3.05, 3.63) is 35.9 Å². The molecule has 2 aromatic carbocycles. The number of carbonyl (C=O) groups is 1. The molecule has 7 heteroatoms. The summed E-state index contributed by atoms with van der Waals surface area (Å²) >= 11 is 0. The van der Waals surface area contributed by atoms with Crippen molar-refractivity contribution in [2.75, 3.05) is 20.0 Å². The van der Waals surface area contributed by atoms with Gasteiger partial charge in [0.1, 0.15) is 11.5 Å². The Bertz CT molecular complexity index is 688. The van der Waals surface area contributed by atoms with Crippen LogP contribution in [0, 0.1) is 0 Å². The second-order valence-corrected chi connectivity index (χ2v) is 4.34. The average Bonchev–Trinajstić information content (AvgIpc) is 2.51. The zero-order valence-electron chi connectivity index (χ0n) is 12.0. The Morgan fingerprint density at radius 2 is 1.64 bits per heavy atom. The molecule has 0 atom stereocenters. The standard InChI is InChI=1S/C15H15NO6/c1-20-12-6-9(7-13(21-2)14(12)18)22-15(19)8-3-4-11(17)10(16)5-8/h3-7,17-18H,16H2,1-2H3. The molecule has 0 fully saturated rings. The molecule has 2 aromatic rings. The monoisotopic (exact) mass is 305 g/mol. The molecular weight excluding hydrogens is 290 g/mol. The summed E-state index contributed by atoms with van der Waals surface area (Å²) < 4.78 is 15.1. The molecule has 0 spiro atoms. The number of benzene rings is 2. The smallest absolute Gasteiger partial charge is 0.343 e. The number of anilines is 1. The second kappa shape index (κ2) is 6.13. The number of aromatic hydroxyl groups is 2. The number of phenolic OH excluding ortho intramolecular Hbond substituents is 2. The van der Waals surface area contributed by atoms with Crippen LogP contribution in [-0.2, 0) is 0 Å². The first-order valence-electron chi connectivity index (χ1n) is 6.22. The number of nitrogens with two attached hydrogens (primary N) is 1. The number of hydrogen-bond acceptors (Lipinski definition) is 7. The summed E-state index contributed by atoms with van der Waals surface area (Å²) in [5.41, 5.74) is 5.77. The van der Waals surface area contributed by atoms with Gasteiger partial charge in [-0.05, 0) is 18.2 Å². The first-order valence-corrected chi connectivity index (χ1v) is 6.22. The van der Waals surface area contributed by atoms with Gasteiger partial charge in [0.15, 0.2) is 11.5 Å². The number of phenols is 2. The van der Waals surface area contributed by atoms with Gasteiger partial charge in [-0.3, -0.25) is 0 Å². The van der Waals surface area contributed by atoms with Gasteiger partial charge in [-0.25, -0.2) is 4.79 Å². The topological polar surface area (TPSA) is 111 Å². The molecule has 0 unspecified atom stereocenters. The quantitative estimate of drug-likeness (QED) is 0.342. The van der Waals surface area contributed by atoms with E-state index >= 15 is 0 Å². The summed E-state index contributed by atoms with van der Waals surface area (Å²) in [6.45, 7) is 0. The minimum Gasteiger partial charge on any atom is -0.506 e. The zero-order chi connectivity index (χ0) is 16.3. The second-order valence-electron chi connectivity index (χ2n) is 4.34. The molecule has 0 aromatic heterocycles. The number of hydrogen-bond donors (Lipinski definition) is 3. The highest BCUT2D eigenvalue weighted by atomic mass is 16.5. The van der Waals surface area contributed by atoms with Gasteiger partial charge in [-0.15, -0.1) is 0 Å². The van der Waals surface area contributed by atoms with Gasteiger partial charge < -0.3 is 30.2 Å². The van der Waals surface area contributed by atoms with Crippen LogP contribution in [0.15, 0.2) is 30.3 Å². The SMILES string of the molecule is COc1cc(OC(=O)c2ccc(O)c(N)c2)cc(OC)c1O. The number of rotatable bonds is 4. The van der Waals surface area contributed by atoms with E-state index in [1.807, 2.05) is 0 Å². The van der Waals surface area contributed by atoms with Crippen LogP contribution in [0.2, 0.25) is 0 Å². The van der Waals surface area contributed by atoms with Gasteiger partial charge in [0.05, 0.1) is 25.5 Å². The molecule has 0 saturated carbocycles. The molecule has 0 amide bonds. The maximum Gasteiger partial charge on any atom is 0.343 e. The van der Waals surface area contributed by atoms with E-state index in [4.69, 9.17) is 19.9 Å². The lowest BCUT2D eigenvalue weighted by Gasteiger charge is -2.11. The lowest BCUT2D eigenvalue weighted by atomic mass is 10.2. The van der Waals surface area contributed by atoms with Crippen molar-refractivity contribution in [1.29, 1.82) is 0 Å². The molecule has 4 N–H and O–H groups in total. The summed E-state index contributed by atoms with van der Waals surface area (Å²) in [5, 5.41) is 19.1. The lowest BCUT2D eigenvalue weighted by Crippen LogP contribution is -2.09. The maximum atomic E-state index is 12.1. The van der Waals surface area contributed by atoms with E-state index in [0.29, 0.717) is 0 Å². The van der Waals surface area contributed by atoms with Crippen LogP contribution in [0.5, 0.6) is 28.7 Å². The predicted octanol–water partition coefficient (Wildman–Crippen LogP) is 1.92. The lowest BCUT2D eigenvalue weighted by molar-refractivity contribution is 0.0734. The van der Waals surface area contributed by atoms with E-state index in [1.165, 1.54) is 44.6 Å². The molecular formula is C15H15NO6. The summed E-state index contributed by atoms with van der Waals surface area (Å²) in [7, 11) is 2.72. The summed E-state index contributed by atoms with van der Waals surface area (Å²) in [6.07, 6.45) is 0. The highest BCUT2D eigenvalue weighted by Crippen LogP contribution is 2.40. The van der Waals surface area contributed by atoms with Crippen LogP contribution >= 0.6 is 0 Å². The first-order chi connectivity index (χ1) is 10.5. The van der Waals surface area contributed by atoms with Crippen LogP contribution < -0.4 is 19.9 Å². The first kappa shape index (κ1) is 15.3. The Kier molecular flexibility index (Phi) is 4.26. The van der Waals surface area contributed by atoms with Gasteiger partial charge in [-0.1, -0.05) is 0 Å². The van der Waals surface area contributed by atoms with Gasteiger partial charge in [0.25, 0.3) is 0 Å². The van der Waals surface area contributed by atoms with E-state index in [1.54, 1.807) is 0 Å². The Morgan fingerprint density at radius 1 is 1.05 bits per heavy atom. The van der Waals surface area contributed by atoms with Crippen molar-refractivity contribution in [3.8, 4) is 28.7 Å². The molecule has 7 nitrogen and oxygen atoms in total. The van der Waals surface area contributed by atoms with Gasteiger partial charge >= 0.3 is 5.97 Å². The largest absolute Gasteiger partial charge is 0.506 e. The Hall–Kier alpha value is -3.09. The minimum absolute atomic E-state index is 0.0651. The van der Waals surface area contributed by atoms with E-state index in [0.717, 1.165) is 0 Å². The van der Waals surface area contributed by atoms with Gasteiger partial charge in [0, 0.05) is 12.1 Å². The molecule has 0 heterocycles. The molecule has 0 aliphatic heterocycles. The highest BCUT2D eigenvalue weighted by Gasteiger charge is 2.16. The number of ether oxygens (including phenoxy) is 3. The van der Waals surface area contributed by atoms with Crippen molar-refractivity contribution in [3.63, 3.8) is 0 Å². The molecule has 0 saturated heterocycles. The maximum absolute atomic E-state index is 12.1. The van der Waals surface area contributed by atoms with Crippen molar-refractivity contribution < 1.29 is 29.2 Å². The van der Waals surface area contributed by atoms with E-state index in [-0.39, 0.29) is 40.0 Å². The molecule has 0 radical (unpaired) electrons. The fraction of sp³-hybridized carbons (Fsp3) is 0.133. The van der Waals surface area contributed by atoms with Crippen molar-refractivity contribution in [2.24, 2.45) is 0 Å². The average molecular weight is 305 g/mol. The molecule has 2 rings (SSSR count). The van der Waals surface area contributed by atoms with Gasteiger partial charge in [0.2, 0.25) is 5.75 Å². The molecule has 0 aliphatic carbocycles. The Labute approximate surface area is 126 Å². The molecule has 22 heavy (non-hydrogen) atoms. The minimum atomic E-state index is -0.679. The van der Waals surface area contributed by atoms with Crippen molar-refractivity contribution in [1.82, 2.24) is 0 Å². The summed E-state index contributed by atoms with van der Waals surface area (Å²) in [6, 6.07) is 6.67. The third kappa shape index (κ3) is 2.98. The Morgan fingerprint density at radius 3 is 2.14 bits per heavy atom. The molecule has 0 bridgehead atoms. The van der Waals surface area contributed by atoms with E-state index in [2.05, 4.69) is 0 Å². The van der Waals surface area contributed by atoms with Crippen molar-refractivity contribution in [2.45, 2.75) is 0 Å². The number of methoxy groups -OCH3 is 2. The van der Waals surface area contributed by atoms with Crippen LogP contribution in [0.4, 0.5) is 5.69 Å². The molecule has 116 valence electrons. The third-order valence-electron chi connectivity index (χ3n) is 2.93. The summed E-state index contributed by atoms with van der Waals surface area (Å²) in [4.78, 5) is 12.1. The normalized spacial score (nSPS) is 10.1.